The Hall–Kier alpha value is -2.14. The van der Waals surface area contributed by atoms with Gasteiger partial charge in [-0.05, 0) is 17.7 Å². The van der Waals surface area contributed by atoms with Crippen molar-refractivity contribution in [2.24, 2.45) is 5.73 Å². The molecule has 0 radical (unpaired) electrons. The molecule has 0 unspecified atom stereocenters. The van der Waals surface area contributed by atoms with Gasteiger partial charge in [0.15, 0.2) is 0 Å². The third-order valence-electron chi connectivity index (χ3n) is 2.67. The Balaban J connectivity index is 1.75. The van der Waals surface area contributed by atoms with E-state index in [-0.39, 0.29) is 0 Å². The van der Waals surface area contributed by atoms with Crippen LogP contribution >= 0.6 is 0 Å². The zero-order valence-corrected chi connectivity index (χ0v) is 10.0. The van der Waals surface area contributed by atoms with Crippen LogP contribution < -0.4 is 11.1 Å². The van der Waals surface area contributed by atoms with Crippen molar-refractivity contribution >= 4 is 5.91 Å². The lowest BCUT2D eigenvalue weighted by Gasteiger charge is -2.06. The van der Waals surface area contributed by atoms with Gasteiger partial charge in [-0.3, -0.25) is 4.79 Å². The molecule has 0 saturated heterocycles. The standard InChI is InChI=1S/C13H16N4O/c14-13(18)12-3-1-11(2-4-12)9-15-5-7-17-8-6-16-10-17/h1-4,6,8,10,15H,5,7,9H2,(H2,14,18). The number of nitrogens with zero attached hydrogens (tertiary/aromatic N) is 2. The van der Waals surface area contributed by atoms with Crippen LogP contribution in [0, 0.1) is 0 Å². The van der Waals surface area contributed by atoms with Crippen LogP contribution in [-0.2, 0) is 13.1 Å². The quantitative estimate of drug-likeness (QED) is 0.737. The molecule has 1 heterocycles. The van der Waals surface area contributed by atoms with Crippen molar-refractivity contribution < 1.29 is 4.79 Å². The topological polar surface area (TPSA) is 72.9 Å². The van der Waals surface area contributed by atoms with Crippen molar-refractivity contribution in [2.75, 3.05) is 6.54 Å². The Bertz CT molecular complexity index is 490. The fourth-order valence-electron chi connectivity index (χ4n) is 1.65. The highest BCUT2D eigenvalue weighted by Gasteiger charge is 1.99. The second-order valence-electron chi connectivity index (χ2n) is 4.04. The van der Waals surface area contributed by atoms with E-state index >= 15 is 0 Å². The van der Waals surface area contributed by atoms with E-state index in [1.54, 1.807) is 24.7 Å². The lowest BCUT2D eigenvalue weighted by molar-refractivity contribution is 0.100. The average Bonchev–Trinajstić information content (AvgIpc) is 2.88. The molecule has 94 valence electrons. The molecule has 3 N–H and O–H groups in total. The van der Waals surface area contributed by atoms with Gasteiger partial charge >= 0.3 is 0 Å². The van der Waals surface area contributed by atoms with Gasteiger partial charge < -0.3 is 15.6 Å². The number of amides is 1. The van der Waals surface area contributed by atoms with Gasteiger partial charge in [-0.15, -0.1) is 0 Å². The van der Waals surface area contributed by atoms with Crippen molar-refractivity contribution in [3.8, 4) is 0 Å². The zero-order chi connectivity index (χ0) is 12.8. The molecule has 1 amide bonds. The highest BCUT2D eigenvalue weighted by Crippen LogP contribution is 2.03. The first-order valence-electron chi connectivity index (χ1n) is 5.81. The van der Waals surface area contributed by atoms with Crippen LogP contribution in [0.15, 0.2) is 43.0 Å². The Labute approximate surface area is 106 Å². The fourth-order valence-corrected chi connectivity index (χ4v) is 1.65. The van der Waals surface area contributed by atoms with E-state index in [1.165, 1.54) is 0 Å². The number of aromatic nitrogens is 2. The second kappa shape index (κ2) is 5.97. The number of imidazole rings is 1. The Morgan fingerprint density at radius 2 is 2.11 bits per heavy atom. The van der Waals surface area contributed by atoms with Crippen LogP contribution in [0.25, 0.3) is 0 Å². The molecule has 0 bridgehead atoms. The molecular weight excluding hydrogens is 228 g/mol. The summed E-state index contributed by atoms with van der Waals surface area (Å²) < 4.78 is 2.02. The van der Waals surface area contributed by atoms with Gasteiger partial charge in [0.05, 0.1) is 6.33 Å². The first-order valence-corrected chi connectivity index (χ1v) is 5.81. The third kappa shape index (κ3) is 3.43. The summed E-state index contributed by atoms with van der Waals surface area (Å²) in [6, 6.07) is 7.30. The summed E-state index contributed by atoms with van der Waals surface area (Å²) in [5.41, 5.74) is 6.85. The minimum Gasteiger partial charge on any atom is -0.366 e. The van der Waals surface area contributed by atoms with E-state index in [0.717, 1.165) is 25.2 Å². The van der Waals surface area contributed by atoms with Crippen LogP contribution in [0.5, 0.6) is 0 Å². The number of primary amides is 1. The van der Waals surface area contributed by atoms with E-state index in [1.807, 2.05) is 22.9 Å². The molecule has 0 aliphatic heterocycles. The number of nitrogens with two attached hydrogens (primary N) is 1. The molecule has 2 aromatic rings. The second-order valence-corrected chi connectivity index (χ2v) is 4.04. The third-order valence-corrected chi connectivity index (χ3v) is 2.67. The van der Waals surface area contributed by atoms with Gasteiger partial charge in [-0.2, -0.15) is 0 Å². The monoisotopic (exact) mass is 244 g/mol. The largest absolute Gasteiger partial charge is 0.366 e. The maximum absolute atomic E-state index is 10.9. The normalized spacial score (nSPS) is 10.4. The van der Waals surface area contributed by atoms with Crippen molar-refractivity contribution in [2.45, 2.75) is 13.1 Å². The van der Waals surface area contributed by atoms with Crippen LogP contribution in [0.2, 0.25) is 0 Å². The summed E-state index contributed by atoms with van der Waals surface area (Å²) in [5.74, 6) is -0.394. The van der Waals surface area contributed by atoms with E-state index in [0.29, 0.717) is 5.56 Å². The molecule has 0 aliphatic rings. The van der Waals surface area contributed by atoms with Crippen molar-refractivity contribution in [3.05, 3.63) is 54.1 Å². The molecule has 1 aromatic carbocycles. The van der Waals surface area contributed by atoms with E-state index in [2.05, 4.69) is 10.3 Å². The summed E-state index contributed by atoms with van der Waals surface area (Å²) in [4.78, 5) is 14.9. The van der Waals surface area contributed by atoms with Gasteiger partial charge in [0.2, 0.25) is 5.91 Å². The first kappa shape index (κ1) is 12.3. The molecule has 2 rings (SSSR count). The molecule has 0 aliphatic carbocycles. The van der Waals surface area contributed by atoms with Crippen LogP contribution in [-0.4, -0.2) is 22.0 Å². The molecule has 0 spiro atoms. The number of hydrogen-bond donors (Lipinski definition) is 2. The predicted molar refractivity (Wildman–Crippen MR) is 68.9 cm³/mol. The molecule has 5 heteroatoms. The van der Waals surface area contributed by atoms with Gasteiger partial charge in [-0.1, -0.05) is 12.1 Å². The van der Waals surface area contributed by atoms with E-state index in [9.17, 15) is 4.79 Å². The van der Waals surface area contributed by atoms with Crippen LogP contribution in [0.1, 0.15) is 15.9 Å². The maximum atomic E-state index is 10.9. The molecule has 0 atom stereocenters. The summed E-state index contributed by atoms with van der Waals surface area (Å²) in [6.07, 6.45) is 5.50. The summed E-state index contributed by atoms with van der Waals surface area (Å²) in [6.45, 7) is 2.53. The number of rotatable bonds is 6. The Kier molecular flexibility index (Phi) is 4.09. The van der Waals surface area contributed by atoms with Crippen molar-refractivity contribution in [1.29, 1.82) is 0 Å². The summed E-state index contributed by atoms with van der Waals surface area (Å²) in [5, 5.41) is 3.32. The molecular formula is C13H16N4O. The molecule has 0 fully saturated rings. The number of carbonyl (C=O) groups excluding carboxylic acids is 1. The highest BCUT2D eigenvalue weighted by atomic mass is 16.1. The average molecular weight is 244 g/mol. The Morgan fingerprint density at radius 3 is 2.72 bits per heavy atom. The van der Waals surface area contributed by atoms with E-state index < -0.39 is 5.91 Å². The number of benzene rings is 1. The van der Waals surface area contributed by atoms with Crippen LogP contribution in [0.4, 0.5) is 0 Å². The van der Waals surface area contributed by atoms with Gasteiger partial charge in [-0.25, -0.2) is 4.98 Å². The molecule has 1 aromatic heterocycles. The summed E-state index contributed by atoms with van der Waals surface area (Å²) in [7, 11) is 0. The number of hydrogen-bond acceptors (Lipinski definition) is 3. The molecule has 0 saturated carbocycles. The summed E-state index contributed by atoms with van der Waals surface area (Å²) >= 11 is 0. The van der Waals surface area contributed by atoms with Crippen molar-refractivity contribution in [3.63, 3.8) is 0 Å². The van der Waals surface area contributed by atoms with Gasteiger partial charge in [0, 0.05) is 37.6 Å². The lowest BCUT2D eigenvalue weighted by Crippen LogP contribution is -2.19. The minimum absolute atomic E-state index is 0.394. The SMILES string of the molecule is NC(=O)c1ccc(CNCCn2ccnc2)cc1. The smallest absolute Gasteiger partial charge is 0.248 e. The lowest BCUT2D eigenvalue weighted by atomic mass is 10.1. The molecule has 5 nitrogen and oxygen atoms in total. The molecule has 18 heavy (non-hydrogen) atoms. The van der Waals surface area contributed by atoms with Crippen LogP contribution in [0.3, 0.4) is 0 Å². The minimum atomic E-state index is -0.394. The predicted octanol–water partition coefficient (Wildman–Crippen LogP) is 0.772. The number of nitrogens with one attached hydrogen (secondary N) is 1. The maximum Gasteiger partial charge on any atom is 0.248 e. The highest BCUT2D eigenvalue weighted by molar-refractivity contribution is 5.92. The zero-order valence-electron chi connectivity index (χ0n) is 10.0. The van der Waals surface area contributed by atoms with E-state index in [4.69, 9.17) is 5.73 Å². The fraction of sp³-hybridized carbons (Fsp3) is 0.231. The number of carbonyl (C=O) groups is 1. The van der Waals surface area contributed by atoms with Gasteiger partial charge in [0.25, 0.3) is 0 Å². The first-order chi connectivity index (χ1) is 8.75. The Morgan fingerprint density at radius 1 is 1.33 bits per heavy atom. The van der Waals surface area contributed by atoms with Crippen molar-refractivity contribution in [1.82, 2.24) is 14.9 Å². The van der Waals surface area contributed by atoms with Gasteiger partial charge in [0.1, 0.15) is 0 Å².